The molecule has 0 radical (unpaired) electrons. The van der Waals surface area contributed by atoms with Crippen molar-refractivity contribution in [1.29, 1.82) is 0 Å². The van der Waals surface area contributed by atoms with E-state index in [0.717, 1.165) is 11.8 Å². The number of pyridine rings is 1. The molecule has 10 heteroatoms. The van der Waals surface area contributed by atoms with Gasteiger partial charge >= 0.3 is 6.18 Å². The lowest BCUT2D eigenvalue weighted by Gasteiger charge is -2.16. The van der Waals surface area contributed by atoms with E-state index in [-0.39, 0.29) is 26.5 Å². The molecule has 1 aliphatic rings. The fourth-order valence-electron chi connectivity index (χ4n) is 3.29. The average molecular weight is 462 g/mol. The Morgan fingerprint density at radius 2 is 1.87 bits per heavy atom. The third-order valence-electron chi connectivity index (χ3n) is 4.62. The number of rotatable bonds is 3. The lowest BCUT2D eigenvalue weighted by Crippen LogP contribution is -2.19. The second kappa shape index (κ2) is 7.86. The molecule has 0 aliphatic carbocycles. The first-order valence-corrected chi connectivity index (χ1v) is 10.1. The molecule has 1 saturated heterocycles. The summed E-state index contributed by atoms with van der Waals surface area (Å²) in [5.74, 6) is -0.306. The van der Waals surface area contributed by atoms with E-state index < -0.39 is 28.8 Å². The number of hydrogen-bond donors (Lipinski definition) is 2. The quantitative estimate of drug-likeness (QED) is 0.436. The Labute approximate surface area is 183 Å². The number of ether oxygens (including phenoxy) is 1. The highest BCUT2D eigenvalue weighted by molar-refractivity contribution is 8.26. The van der Waals surface area contributed by atoms with E-state index in [1.165, 1.54) is 37.5 Å². The van der Waals surface area contributed by atoms with E-state index in [1.807, 2.05) is 0 Å². The second-order valence-electron chi connectivity index (χ2n) is 6.56. The number of aromatic nitrogens is 1. The summed E-state index contributed by atoms with van der Waals surface area (Å²) in [5.41, 5.74) is -2.05. The zero-order chi connectivity index (χ0) is 22.3. The fourth-order valence-corrected chi connectivity index (χ4v) is 4.33. The van der Waals surface area contributed by atoms with Gasteiger partial charge in [-0.25, -0.2) is 0 Å². The summed E-state index contributed by atoms with van der Waals surface area (Å²) in [6.45, 7) is 0. The van der Waals surface area contributed by atoms with Crippen molar-refractivity contribution >= 4 is 51.2 Å². The molecule has 0 spiro atoms. The van der Waals surface area contributed by atoms with Crippen LogP contribution in [0, 0.1) is 0 Å². The maximum absolute atomic E-state index is 13.9. The summed E-state index contributed by atoms with van der Waals surface area (Å²) >= 11 is 6.00. The highest BCUT2D eigenvalue weighted by atomic mass is 32.2. The van der Waals surface area contributed by atoms with Crippen molar-refractivity contribution in [3.63, 3.8) is 0 Å². The van der Waals surface area contributed by atoms with Gasteiger partial charge in [-0.3, -0.25) is 9.59 Å². The van der Waals surface area contributed by atoms with E-state index >= 15 is 0 Å². The summed E-state index contributed by atoms with van der Waals surface area (Å²) in [6, 6.07) is 10.4. The van der Waals surface area contributed by atoms with Gasteiger partial charge in [-0.1, -0.05) is 42.2 Å². The third kappa shape index (κ3) is 3.96. The van der Waals surface area contributed by atoms with Crippen LogP contribution in [0.1, 0.15) is 11.3 Å². The number of halogens is 3. The van der Waals surface area contributed by atoms with Crippen LogP contribution in [0.2, 0.25) is 0 Å². The van der Waals surface area contributed by atoms with Crippen LogP contribution in [0.15, 0.2) is 52.2 Å². The molecule has 0 unspecified atom stereocenters. The molecule has 2 heterocycles. The van der Waals surface area contributed by atoms with Crippen molar-refractivity contribution in [2.24, 2.45) is 0 Å². The van der Waals surface area contributed by atoms with Crippen molar-refractivity contribution in [2.45, 2.75) is 6.18 Å². The minimum Gasteiger partial charge on any atom is -0.496 e. The number of carbonyl (C=O) groups excluding carboxylic acids is 1. The van der Waals surface area contributed by atoms with Gasteiger partial charge in [0.25, 0.3) is 5.91 Å². The van der Waals surface area contributed by atoms with Crippen LogP contribution < -0.4 is 15.5 Å². The third-order valence-corrected chi connectivity index (χ3v) is 5.79. The number of hydrogen-bond acceptors (Lipinski definition) is 5. The van der Waals surface area contributed by atoms with Crippen LogP contribution >= 0.6 is 24.0 Å². The summed E-state index contributed by atoms with van der Waals surface area (Å²) in [6.07, 6.45) is -3.32. The summed E-state index contributed by atoms with van der Waals surface area (Å²) in [5, 5.41) is 2.59. The molecule has 3 aromatic rings. The summed E-state index contributed by atoms with van der Waals surface area (Å²) in [7, 11) is 1.30. The molecule has 1 amide bonds. The Balaban J connectivity index is 2.00. The average Bonchev–Trinajstić information content (AvgIpc) is 3.04. The molecule has 1 aromatic heterocycles. The molecule has 31 heavy (non-hydrogen) atoms. The van der Waals surface area contributed by atoms with Crippen molar-refractivity contribution in [1.82, 2.24) is 10.3 Å². The maximum atomic E-state index is 13.9. The standard InChI is InChI=1S/C21H13F3N2O3S2/c1-29-14-7-6-10(9-15-19(28)26-20(30)31-15)8-12(14)16-17(27)11-4-2-3-5-13(11)25-18(16)21(22,23)24/h2-9H,1H3,(H,25,27)(H,26,28,30)/b15-9-. The Bertz CT molecular complexity index is 1330. The first kappa shape index (κ1) is 21.1. The first-order chi connectivity index (χ1) is 14.7. The first-order valence-electron chi connectivity index (χ1n) is 8.84. The van der Waals surface area contributed by atoms with E-state index in [2.05, 4.69) is 10.3 Å². The van der Waals surface area contributed by atoms with Crippen LogP contribution in [0.4, 0.5) is 13.2 Å². The number of H-pyrrole nitrogens is 1. The number of thioether (sulfide) groups is 1. The van der Waals surface area contributed by atoms with Gasteiger partial charge in [0, 0.05) is 16.5 Å². The molecule has 4 rings (SSSR count). The van der Waals surface area contributed by atoms with Gasteiger partial charge in [0.05, 0.1) is 17.6 Å². The number of benzene rings is 2. The van der Waals surface area contributed by atoms with E-state index in [1.54, 1.807) is 18.2 Å². The van der Waals surface area contributed by atoms with Crippen molar-refractivity contribution < 1.29 is 22.7 Å². The monoisotopic (exact) mass is 462 g/mol. The molecule has 5 nitrogen and oxygen atoms in total. The van der Waals surface area contributed by atoms with Crippen molar-refractivity contribution in [3.8, 4) is 16.9 Å². The van der Waals surface area contributed by atoms with Gasteiger partial charge in [0.2, 0.25) is 0 Å². The number of aromatic amines is 1. The lowest BCUT2D eigenvalue weighted by molar-refractivity contribution is -0.140. The lowest BCUT2D eigenvalue weighted by atomic mass is 9.97. The van der Waals surface area contributed by atoms with Gasteiger partial charge in [0.15, 0.2) is 5.43 Å². The zero-order valence-electron chi connectivity index (χ0n) is 15.8. The molecular formula is C21H13F3N2O3S2. The maximum Gasteiger partial charge on any atom is 0.432 e. The predicted octanol–water partition coefficient (Wildman–Crippen LogP) is 4.71. The Kier molecular flexibility index (Phi) is 5.36. The topological polar surface area (TPSA) is 71.2 Å². The highest BCUT2D eigenvalue weighted by Gasteiger charge is 2.37. The molecule has 1 aliphatic heterocycles. The molecular weight excluding hydrogens is 449 g/mol. The minimum absolute atomic E-state index is 0.0397. The largest absolute Gasteiger partial charge is 0.496 e. The molecule has 0 atom stereocenters. The molecule has 1 fully saturated rings. The minimum atomic E-state index is -4.81. The van der Waals surface area contributed by atoms with E-state index in [0.29, 0.717) is 10.5 Å². The van der Waals surface area contributed by atoms with Crippen LogP contribution in [0.3, 0.4) is 0 Å². The number of methoxy groups -OCH3 is 1. The van der Waals surface area contributed by atoms with Gasteiger partial charge in [-0.15, -0.1) is 0 Å². The summed E-state index contributed by atoms with van der Waals surface area (Å²) in [4.78, 5) is 27.7. The molecule has 2 N–H and O–H groups in total. The van der Waals surface area contributed by atoms with Gasteiger partial charge in [-0.05, 0) is 35.9 Å². The van der Waals surface area contributed by atoms with Gasteiger partial charge in [-0.2, -0.15) is 13.2 Å². The number of carbonyl (C=O) groups is 1. The van der Waals surface area contributed by atoms with E-state index in [4.69, 9.17) is 17.0 Å². The van der Waals surface area contributed by atoms with Crippen LogP contribution in [0.25, 0.3) is 28.1 Å². The number of amides is 1. The van der Waals surface area contributed by atoms with Gasteiger partial charge in [0.1, 0.15) is 15.8 Å². The Hall–Kier alpha value is -3.11. The molecule has 2 aromatic carbocycles. The molecule has 0 bridgehead atoms. The van der Waals surface area contributed by atoms with Crippen LogP contribution in [0.5, 0.6) is 5.75 Å². The van der Waals surface area contributed by atoms with Crippen LogP contribution in [-0.4, -0.2) is 22.3 Å². The SMILES string of the molecule is COc1ccc(/C=C2\SC(=S)NC2=O)cc1-c1c(C(F)(F)F)[nH]c2ccccc2c1=O. The number of thiocarbonyl (C=S) groups is 1. The van der Waals surface area contributed by atoms with E-state index in [9.17, 15) is 22.8 Å². The summed E-state index contributed by atoms with van der Waals surface area (Å²) < 4.78 is 47.3. The smallest absolute Gasteiger partial charge is 0.432 e. The van der Waals surface area contributed by atoms with Gasteiger partial charge < -0.3 is 15.0 Å². The highest BCUT2D eigenvalue weighted by Crippen LogP contribution is 2.39. The number of nitrogens with one attached hydrogen (secondary N) is 2. The number of para-hydroxylation sites is 1. The molecule has 0 saturated carbocycles. The Morgan fingerprint density at radius 1 is 1.13 bits per heavy atom. The normalized spacial score (nSPS) is 15.5. The number of fused-ring (bicyclic) bond motifs is 1. The predicted molar refractivity (Wildman–Crippen MR) is 118 cm³/mol. The Morgan fingerprint density at radius 3 is 2.52 bits per heavy atom. The fraction of sp³-hybridized carbons (Fsp3) is 0.0952. The van der Waals surface area contributed by atoms with Crippen LogP contribution in [-0.2, 0) is 11.0 Å². The second-order valence-corrected chi connectivity index (χ2v) is 8.28. The molecule has 158 valence electrons. The zero-order valence-corrected chi connectivity index (χ0v) is 17.4. The van der Waals surface area contributed by atoms with Crippen molar-refractivity contribution in [3.05, 3.63) is 68.9 Å². The number of alkyl halides is 3. The van der Waals surface area contributed by atoms with Crippen molar-refractivity contribution in [2.75, 3.05) is 7.11 Å².